The van der Waals surface area contributed by atoms with Crippen LogP contribution in [0, 0.1) is 6.92 Å². The van der Waals surface area contributed by atoms with Crippen molar-refractivity contribution in [2.45, 2.75) is 19.4 Å². The van der Waals surface area contributed by atoms with E-state index in [1.165, 1.54) is 10.9 Å². The minimum Gasteiger partial charge on any atom is -0.497 e. The highest BCUT2D eigenvalue weighted by molar-refractivity contribution is 5.85. The second-order valence-corrected chi connectivity index (χ2v) is 5.99. The van der Waals surface area contributed by atoms with Crippen LogP contribution in [0.25, 0.3) is 10.9 Å². The van der Waals surface area contributed by atoms with Crippen molar-refractivity contribution in [1.82, 2.24) is 10.3 Å². The maximum Gasteiger partial charge on any atom is 0.253 e. The molecule has 0 fully saturated rings. The number of aliphatic hydroxyl groups excluding tert-OH is 1. The number of aryl methyl sites for hydroxylation is 1. The van der Waals surface area contributed by atoms with Crippen LogP contribution in [0.1, 0.15) is 22.9 Å². The van der Waals surface area contributed by atoms with Gasteiger partial charge >= 0.3 is 0 Å². The van der Waals surface area contributed by atoms with Crippen molar-refractivity contribution in [2.75, 3.05) is 13.7 Å². The van der Waals surface area contributed by atoms with E-state index in [-0.39, 0.29) is 0 Å². The largest absolute Gasteiger partial charge is 0.497 e. The molecular formula is C20H22N2O3. The molecule has 5 nitrogen and oxygen atoms in total. The van der Waals surface area contributed by atoms with Crippen LogP contribution in [-0.4, -0.2) is 29.7 Å². The highest BCUT2D eigenvalue weighted by atomic mass is 16.5. The fourth-order valence-electron chi connectivity index (χ4n) is 3.03. The standard InChI is InChI=1S/C20H22N2O3/c1-13-16(17-8-3-4-9-18(17)22-13)10-11-21-20(24)19(23)14-6-5-7-15(12-14)25-2/h3-9,12,19,22-23H,10-11H2,1-2H3,(H,21,24). The number of carbonyl (C=O) groups is 1. The molecule has 0 radical (unpaired) electrons. The molecule has 3 aromatic rings. The molecular weight excluding hydrogens is 316 g/mol. The van der Waals surface area contributed by atoms with Crippen LogP contribution < -0.4 is 10.1 Å². The highest BCUT2D eigenvalue weighted by Gasteiger charge is 2.17. The quantitative estimate of drug-likeness (QED) is 0.647. The summed E-state index contributed by atoms with van der Waals surface area (Å²) in [6.45, 7) is 2.49. The first-order valence-corrected chi connectivity index (χ1v) is 8.26. The molecule has 130 valence electrons. The SMILES string of the molecule is COc1cccc(C(O)C(=O)NCCc2c(C)[nH]c3ccccc23)c1. The molecule has 0 bridgehead atoms. The molecule has 1 unspecified atom stereocenters. The molecule has 0 aliphatic rings. The molecule has 5 heteroatoms. The Balaban J connectivity index is 1.63. The number of methoxy groups -OCH3 is 1. The van der Waals surface area contributed by atoms with Crippen LogP contribution in [-0.2, 0) is 11.2 Å². The van der Waals surface area contributed by atoms with E-state index in [2.05, 4.69) is 16.4 Å². The normalized spacial score (nSPS) is 12.1. The molecule has 0 spiro atoms. The Morgan fingerprint density at radius 1 is 1.24 bits per heavy atom. The van der Waals surface area contributed by atoms with Gasteiger partial charge in [0.05, 0.1) is 7.11 Å². The number of benzene rings is 2. The molecule has 1 atom stereocenters. The Morgan fingerprint density at radius 2 is 2.04 bits per heavy atom. The van der Waals surface area contributed by atoms with E-state index in [1.54, 1.807) is 31.4 Å². The lowest BCUT2D eigenvalue weighted by Crippen LogP contribution is -2.31. The van der Waals surface area contributed by atoms with Gasteiger partial charge in [0, 0.05) is 23.1 Å². The highest BCUT2D eigenvalue weighted by Crippen LogP contribution is 2.22. The number of hydrogen-bond donors (Lipinski definition) is 3. The lowest BCUT2D eigenvalue weighted by molar-refractivity contribution is -0.129. The van der Waals surface area contributed by atoms with E-state index in [0.29, 0.717) is 24.3 Å². The number of para-hydroxylation sites is 1. The molecule has 1 aromatic heterocycles. The third kappa shape index (κ3) is 3.67. The summed E-state index contributed by atoms with van der Waals surface area (Å²) in [5.41, 5.74) is 3.90. The van der Waals surface area contributed by atoms with Crippen molar-refractivity contribution in [3.8, 4) is 5.75 Å². The van der Waals surface area contributed by atoms with Crippen molar-refractivity contribution in [1.29, 1.82) is 0 Å². The number of fused-ring (bicyclic) bond motifs is 1. The number of carbonyl (C=O) groups excluding carboxylic acids is 1. The number of aromatic nitrogens is 1. The summed E-state index contributed by atoms with van der Waals surface area (Å²) in [6.07, 6.45) is -0.508. The van der Waals surface area contributed by atoms with E-state index in [9.17, 15) is 9.90 Å². The third-order valence-electron chi connectivity index (χ3n) is 4.36. The van der Waals surface area contributed by atoms with Gasteiger partial charge in [0.25, 0.3) is 5.91 Å². The smallest absolute Gasteiger partial charge is 0.253 e. The van der Waals surface area contributed by atoms with Crippen LogP contribution in [0.15, 0.2) is 48.5 Å². The van der Waals surface area contributed by atoms with E-state index in [0.717, 1.165) is 11.2 Å². The molecule has 0 aliphatic heterocycles. The topological polar surface area (TPSA) is 74.3 Å². The molecule has 0 saturated heterocycles. The molecule has 3 N–H and O–H groups in total. The molecule has 25 heavy (non-hydrogen) atoms. The average molecular weight is 338 g/mol. The predicted molar refractivity (Wildman–Crippen MR) is 97.7 cm³/mol. The zero-order valence-corrected chi connectivity index (χ0v) is 14.4. The Bertz CT molecular complexity index is 886. The van der Waals surface area contributed by atoms with Gasteiger partial charge in [-0.1, -0.05) is 30.3 Å². The number of H-pyrrole nitrogens is 1. The van der Waals surface area contributed by atoms with E-state index in [4.69, 9.17) is 4.74 Å². The van der Waals surface area contributed by atoms with Crippen LogP contribution in [0.2, 0.25) is 0 Å². The minimum absolute atomic E-state index is 0.411. The van der Waals surface area contributed by atoms with Crippen molar-refractivity contribution >= 4 is 16.8 Å². The lowest BCUT2D eigenvalue weighted by atomic mass is 10.1. The van der Waals surface area contributed by atoms with Gasteiger partial charge < -0.3 is 20.1 Å². The van der Waals surface area contributed by atoms with Gasteiger partial charge in [-0.15, -0.1) is 0 Å². The summed E-state index contributed by atoms with van der Waals surface area (Å²) in [5.74, 6) is 0.199. The fourth-order valence-corrected chi connectivity index (χ4v) is 3.03. The van der Waals surface area contributed by atoms with E-state index in [1.807, 2.05) is 25.1 Å². The summed E-state index contributed by atoms with van der Waals surface area (Å²) in [4.78, 5) is 15.6. The Kier molecular flexibility index (Phi) is 5.05. The molecule has 0 aliphatic carbocycles. The maximum atomic E-state index is 12.2. The summed E-state index contributed by atoms with van der Waals surface area (Å²) in [6, 6.07) is 15.0. The summed E-state index contributed by atoms with van der Waals surface area (Å²) in [5, 5.41) is 14.2. The Hall–Kier alpha value is -2.79. The van der Waals surface area contributed by atoms with Crippen molar-refractivity contribution in [3.63, 3.8) is 0 Å². The number of nitrogens with one attached hydrogen (secondary N) is 2. The number of rotatable bonds is 6. The third-order valence-corrected chi connectivity index (χ3v) is 4.36. The Labute approximate surface area is 146 Å². The monoisotopic (exact) mass is 338 g/mol. The summed E-state index contributed by atoms with van der Waals surface area (Å²) < 4.78 is 5.12. The molecule has 0 saturated carbocycles. The van der Waals surface area contributed by atoms with Gasteiger partial charge in [-0.2, -0.15) is 0 Å². The number of hydrogen-bond acceptors (Lipinski definition) is 3. The van der Waals surface area contributed by atoms with E-state index < -0.39 is 12.0 Å². The second kappa shape index (κ2) is 7.40. The Morgan fingerprint density at radius 3 is 2.84 bits per heavy atom. The average Bonchev–Trinajstić information content (AvgIpc) is 2.96. The van der Waals surface area contributed by atoms with Crippen LogP contribution in [0.3, 0.4) is 0 Å². The predicted octanol–water partition coefficient (Wildman–Crippen LogP) is 2.88. The van der Waals surface area contributed by atoms with Crippen molar-refractivity contribution < 1.29 is 14.6 Å². The molecule has 1 amide bonds. The van der Waals surface area contributed by atoms with Crippen LogP contribution in [0.5, 0.6) is 5.75 Å². The number of amides is 1. The zero-order valence-electron chi connectivity index (χ0n) is 14.4. The number of aromatic amines is 1. The lowest BCUT2D eigenvalue weighted by Gasteiger charge is -2.12. The van der Waals surface area contributed by atoms with Gasteiger partial charge in [-0.05, 0) is 42.7 Å². The van der Waals surface area contributed by atoms with Gasteiger partial charge in [-0.3, -0.25) is 4.79 Å². The summed E-state index contributed by atoms with van der Waals surface area (Å²) in [7, 11) is 1.55. The van der Waals surface area contributed by atoms with Crippen molar-refractivity contribution in [3.05, 3.63) is 65.4 Å². The van der Waals surface area contributed by atoms with E-state index >= 15 is 0 Å². The summed E-state index contributed by atoms with van der Waals surface area (Å²) >= 11 is 0. The molecule has 1 heterocycles. The number of ether oxygens (including phenoxy) is 1. The minimum atomic E-state index is -1.21. The van der Waals surface area contributed by atoms with Crippen molar-refractivity contribution in [2.24, 2.45) is 0 Å². The first-order valence-electron chi connectivity index (χ1n) is 8.26. The van der Waals surface area contributed by atoms with Gasteiger partial charge in [0.2, 0.25) is 0 Å². The molecule has 2 aromatic carbocycles. The zero-order chi connectivity index (χ0) is 17.8. The van der Waals surface area contributed by atoms with Crippen LogP contribution >= 0.6 is 0 Å². The first kappa shape index (κ1) is 17.0. The van der Waals surface area contributed by atoms with Gasteiger partial charge in [0.15, 0.2) is 6.10 Å². The maximum absolute atomic E-state index is 12.2. The van der Waals surface area contributed by atoms with Gasteiger partial charge in [-0.25, -0.2) is 0 Å². The fraction of sp³-hybridized carbons (Fsp3) is 0.250. The second-order valence-electron chi connectivity index (χ2n) is 5.99. The van der Waals surface area contributed by atoms with Crippen LogP contribution in [0.4, 0.5) is 0 Å². The van der Waals surface area contributed by atoms with Gasteiger partial charge in [0.1, 0.15) is 5.75 Å². The molecule has 3 rings (SSSR count). The first-order chi connectivity index (χ1) is 12.1. The number of aliphatic hydroxyl groups is 1.